The predicted octanol–water partition coefficient (Wildman–Crippen LogP) is 1.44. The lowest BCUT2D eigenvalue weighted by Gasteiger charge is -2.17. The SMILES string of the molecule is CCNC1=C(C(=N)C(F)(F)F)C2CC2C1O. The first-order valence-corrected chi connectivity index (χ1v) is 5.20. The number of rotatable bonds is 3. The van der Waals surface area contributed by atoms with Gasteiger partial charge in [-0.05, 0) is 25.2 Å². The number of hydrogen-bond acceptors (Lipinski definition) is 3. The molecule has 3 unspecified atom stereocenters. The zero-order valence-electron chi connectivity index (χ0n) is 8.73. The molecule has 0 aromatic rings. The van der Waals surface area contributed by atoms with Crippen molar-refractivity contribution < 1.29 is 18.3 Å². The van der Waals surface area contributed by atoms with Crippen LogP contribution in [0.25, 0.3) is 0 Å². The summed E-state index contributed by atoms with van der Waals surface area (Å²) in [7, 11) is 0. The van der Waals surface area contributed by atoms with E-state index in [1.165, 1.54) is 0 Å². The predicted molar refractivity (Wildman–Crippen MR) is 52.1 cm³/mol. The molecule has 0 saturated heterocycles. The highest BCUT2D eigenvalue weighted by molar-refractivity contribution is 6.04. The summed E-state index contributed by atoms with van der Waals surface area (Å²) < 4.78 is 37.4. The topological polar surface area (TPSA) is 56.1 Å². The lowest BCUT2D eigenvalue weighted by atomic mass is 10.0. The van der Waals surface area contributed by atoms with E-state index in [9.17, 15) is 18.3 Å². The highest BCUT2D eigenvalue weighted by atomic mass is 19.4. The molecule has 0 aromatic carbocycles. The Morgan fingerprint density at radius 1 is 1.56 bits per heavy atom. The quantitative estimate of drug-likeness (QED) is 0.647. The summed E-state index contributed by atoms with van der Waals surface area (Å²) in [5, 5.41) is 19.6. The molecule has 0 amide bonds. The Balaban J connectivity index is 2.32. The van der Waals surface area contributed by atoms with Crippen molar-refractivity contribution in [2.24, 2.45) is 11.8 Å². The molecule has 16 heavy (non-hydrogen) atoms. The molecule has 2 aliphatic rings. The lowest BCUT2D eigenvalue weighted by molar-refractivity contribution is -0.0592. The van der Waals surface area contributed by atoms with Crippen LogP contribution < -0.4 is 5.32 Å². The standard InChI is InChI=1S/C10H13F3N2O/c1-2-15-7-6(9(14)10(11,12)13)4-3-5(4)8(7)16/h4-5,8,14-16H,2-3H2,1H3. The van der Waals surface area contributed by atoms with Gasteiger partial charge in [0.15, 0.2) is 0 Å². The number of halogens is 3. The Bertz CT molecular complexity index is 362. The van der Waals surface area contributed by atoms with E-state index in [1.54, 1.807) is 6.92 Å². The van der Waals surface area contributed by atoms with E-state index in [2.05, 4.69) is 5.32 Å². The summed E-state index contributed by atoms with van der Waals surface area (Å²) >= 11 is 0. The third-order valence-electron chi connectivity index (χ3n) is 3.12. The first-order chi connectivity index (χ1) is 7.38. The van der Waals surface area contributed by atoms with Crippen molar-refractivity contribution in [3.8, 4) is 0 Å². The van der Waals surface area contributed by atoms with Crippen LogP contribution in [0.15, 0.2) is 11.3 Å². The number of aliphatic hydroxyl groups excluding tert-OH is 1. The second-order valence-corrected chi connectivity index (χ2v) is 4.18. The third-order valence-corrected chi connectivity index (χ3v) is 3.12. The van der Waals surface area contributed by atoms with Crippen LogP contribution in [-0.4, -0.2) is 29.6 Å². The molecular weight excluding hydrogens is 221 g/mol. The fourth-order valence-corrected chi connectivity index (χ4v) is 2.33. The van der Waals surface area contributed by atoms with Crippen molar-refractivity contribution in [3.63, 3.8) is 0 Å². The Kier molecular flexibility index (Phi) is 2.49. The molecular formula is C10H13F3N2O. The van der Waals surface area contributed by atoms with Gasteiger partial charge in [-0.1, -0.05) is 0 Å². The van der Waals surface area contributed by atoms with Crippen molar-refractivity contribution in [2.45, 2.75) is 25.6 Å². The molecule has 2 rings (SSSR count). The normalized spacial score (nSPS) is 32.7. The molecule has 1 saturated carbocycles. The number of fused-ring (bicyclic) bond motifs is 1. The van der Waals surface area contributed by atoms with Gasteiger partial charge < -0.3 is 10.4 Å². The lowest BCUT2D eigenvalue weighted by Crippen LogP contribution is -2.30. The number of likely N-dealkylation sites (N-methyl/N-ethyl adjacent to an activating group) is 1. The van der Waals surface area contributed by atoms with Crippen LogP contribution in [0.1, 0.15) is 13.3 Å². The minimum atomic E-state index is -4.63. The van der Waals surface area contributed by atoms with E-state index in [1.807, 2.05) is 0 Å². The molecule has 3 N–H and O–H groups in total. The summed E-state index contributed by atoms with van der Waals surface area (Å²) in [5.74, 6) is -0.398. The van der Waals surface area contributed by atoms with E-state index in [-0.39, 0.29) is 23.1 Å². The van der Waals surface area contributed by atoms with Gasteiger partial charge in [-0.3, -0.25) is 5.41 Å². The molecule has 0 spiro atoms. The van der Waals surface area contributed by atoms with Gasteiger partial charge in [0.1, 0.15) is 5.71 Å². The first-order valence-electron chi connectivity index (χ1n) is 5.20. The Labute approximate surface area is 90.8 Å². The van der Waals surface area contributed by atoms with Crippen LogP contribution in [0.5, 0.6) is 0 Å². The van der Waals surface area contributed by atoms with Crippen molar-refractivity contribution in [3.05, 3.63) is 11.3 Å². The van der Waals surface area contributed by atoms with E-state index in [4.69, 9.17) is 5.41 Å². The summed E-state index contributed by atoms with van der Waals surface area (Å²) in [4.78, 5) is 0. The van der Waals surface area contributed by atoms with Crippen molar-refractivity contribution in [1.82, 2.24) is 5.32 Å². The fourth-order valence-electron chi connectivity index (χ4n) is 2.33. The van der Waals surface area contributed by atoms with Gasteiger partial charge in [0.2, 0.25) is 0 Å². The minimum absolute atomic E-state index is 0.0353. The maximum atomic E-state index is 12.5. The summed E-state index contributed by atoms with van der Waals surface area (Å²) in [6.07, 6.45) is -4.93. The molecule has 0 radical (unpaired) electrons. The largest absolute Gasteiger partial charge is 0.433 e. The molecule has 3 atom stereocenters. The number of alkyl halides is 3. The maximum Gasteiger partial charge on any atom is 0.433 e. The molecule has 3 nitrogen and oxygen atoms in total. The van der Waals surface area contributed by atoms with Gasteiger partial charge in [0.25, 0.3) is 0 Å². The number of hydrogen-bond donors (Lipinski definition) is 3. The zero-order chi connectivity index (χ0) is 12.1. The summed E-state index contributed by atoms with van der Waals surface area (Å²) in [5.41, 5.74) is -1.15. The van der Waals surface area contributed by atoms with Gasteiger partial charge in [0.05, 0.1) is 6.10 Å². The average Bonchev–Trinajstić information content (AvgIpc) is 2.89. The molecule has 90 valence electrons. The number of aliphatic hydroxyl groups is 1. The highest BCUT2D eigenvalue weighted by Gasteiger charge is 2.57. The smallest absolute Gasteiger partial charge is 0.387 e. The Morgan fingerprint density at radius 2 is 2.19 bits per heavy atom. The minimum Gasteiger partial charge on any atom is -0.387 e. The molecule has 2 aliphatic carbocycles. The summed E-state index contributed by atoms with van der Waals surface area (Å²) in [6, 6.07) is 0. The van der Waals surface area contributed by atoms with Crippen LogP contribution >= 0.6 is 0 Å². The molecule has 1 fully saturated rings. The van der Waals surface area contributed by atoms with Gasteiger partial charge in [-0.25, -0.2) is 0 Å². The number of nitrogens with one attached hydrogen (secondary N) is 2. The molecule has 0 bridgehead atoms. The van der Waals surface area contributed by atoms with E-state index < -0.39 is 18.0 Å². The van der Waals surface area contributed by atoms with Crippen molar-refractivity contribution in [1.29, 1.82) is 5.41 Å². The molecule has 0 heterocycles. The van der Waals surface area contributed by atoms with Gasteiger partial charge in [-0.2, -0.15) is 13.2 Å². The van der Waals surface area contributed by atoms with Crippen LogP contribution in [0.4, 0.5) is 13.2 Å². The Morgan fingerprint density at radius 3 is 2.69 bits per heavy atom. The van der Waals surface area contributed by atoms with Gasteiger partial charge in [0, 0.05) is 17.8 Å². The molecule has 0 aliphatic heterocycles. The van der Waals surface area contributed by atoms with Crippen molar-refractivity contribution in [2.75, 3.05) is 6.54 Å². The monoisotopic (exact) mass is 234 g/mol. The molecule has 6 heteroatoms. The van der Waals surface area contributed by atoms with E-state index in [0.717, 1.165) is 0 Å². The van der Waals surface area contributed by atoms with Crippen LogP contribution in [0.3, 0.4) is 0 Å². The second kappa shape index (κ2) is 3.48. The van der Waals surface area contributed by atoms with E-state index in [0.29, 0.717) is 13.0 Å². The van der Waals surface area contributed by atoms with Gasteiger partial charge >= 0.3 is 6.18 Å². The first kappa shape index (κ1) is 11.4. The van der Waals surface area contributed by atoms with Gasteiger partial charge in [-0.15, -0.1) is 0 Å². The van der Waals surface area contributed by atoms with Crippen LogP contribution in [0, 0.1) is 17.2 Å². The number of allylic oxidation sites excluding steroid dienone is 1. The second-order valence-electron chi connectivity index (χ2n) is 4.18. The van der Waals surface area contributed by atoms with Crippen molar-refractivity contribution >= 4 is 5.71 Å². The molecule has 0 aromatic heterocycles. The van der Waals surface area contributed by atoms with E-state index >= 15 is 0 Å². The highest BCUT2D eigenvalue weighted by Crippen LogP contribution is 2.55. The average molecular weight is 234 g/mol. The third kappa shape index (κ3) is 1.61. The fraction of sp³-hybridized carbons (Fsp3) is 0.700. The zero-order valence-corrected chi connectivity index (χ0v) is 8.73. The Hall–Kier alpha value is -1.04. The van der Waals surface area contributed by atoms with Crippen LogP contribution in [0.2, 0.25) is 0 Å². The van der Waals surface area contributed by atoms with Crippen LogP contribution in [-0.2, 0) is 0 Å². The summed E-state index contributed by atoms with van der Waals surface area (Å²) in [6.45, 7) is 2.19. The maximum absolute atomic E-state index is 12.5.